The molecule has 1 amide bonds. The van der Waals surface area contributed by atoms with Gasteiger partial charge in [-0.25, -0.2) is 0 Å². The average molecular weight is 335 g/mol. The van der Waals surface area contributed by atoms with E-state index in [-0.39, 0.29) is 24.9 Å². The third-order valence-corrected chi connectivity index (χ3v) is 4.58. The van der Waals surface area contributed by atoms with E-state index < -0.39 is 0 Å². The smallest absolute Gasteiger partial charge is 0.220 e. The summed E-state index contributed by atoms with van der Waals surface area (Å²) in [6.07, 6.45) is 4.93. The summed E-state index contributed by atoms with van der Waals surface area (Å²) in [7, 11) is 0. The topological polar surface area (TPSA) is 61.4 Å². The van der Waals surface area contributed by atoms with Gasteiger partial charge in [-0.3, -0.25) is 4.79 Å². The first-order valence-corrected chi connectivity index (χ1v) is 8.61. The summed E-state index contributed by atoms with van der Waals surface area (Å²) < 4.78 is 0. The average Bonchev–Trinajstić information content (AvgIpc) is 2.45. The number of aliphatic hydroxyl groups excluding tert-OH is 1. The van der Waals surface area contributed by atoms with Crippen LogP contribution in [0.3, 0.4) is 0 Å². The fraction of sp³-hybridized carbons (Fsp3) is 0.941. The summed E-state index contributed by atoms with van der Waals surface area (Å²) in [4.78, 5) is 12.1. The van der Waals surface area contributed by atoms with Crippen molar-refractivity contribution < 1.29 is 9.90 Å². The van der Waals surface area contributed by atoms with Crippen molar-refractivity contribution in [3.8, 4) is 0 Å². The monoisotopic (exact) mass is 334 g/mol. The minimum atomic E-state index is 0. The van der Waals surface area contributed by atoms with Crippen molar-refractivity contribution in [3.63, 3.8) is 0 Å². The van der Waals surface area contributed by atoms with Crippen LogP contribution in [0.25, 0.3) is 0 Å². The Balaban J connectivity index is 0.00000441. The zero-order chi connectivity index (χ0) is 15.7. The lowest BCUT2D eigenvalue weighted by atomic mass is 9.85. The summed E-state index contributed by atoms with van der Waals surface area (Å²) >= 11 is 0. The summed E-state index contributed by atoms with van der Waals surface area (Å²) in [6.45, 7) is 9.64. The molecular formula is C17H35ClN2O2. The molecule has 1 fully saturated rings. The van der Waals surface area contributed by atoms with E-state index in [0.717, 1.165) is 25.9 Å². The van der Waals surface area contributed by atoms with Gasteiger partial charge in [0.1, 0.15) is 0 Å². The predicted octanol–water partition coefficient (Wildman–Crippen LogP) is 2.59. The molecule has 3 atom stereocenters. The molecule has 0 radical (unpaired) electrons. The molecule has 0 bridgehead atoms. The maximum absolute atomic E-state index is 12.1. The van der Waals surface area contributed by atoms with Crippen LogP contribution in [0.4, 0.5) is 0 Å². The Hall–Kier alpha value is -0.320. The number of amides is 1. The van der Waals surface area contributed by atoms with E-state index in [1.54, 1.807) is 0 Å². The Bertz CT molecular complexity index is 294. The lowest BCUT2D eigenvalue weighted by Crippen LogP contribution is -2.36. The SMILES string of the molecule is CC(C)CC(CCO)CNC(=O)CC(C)C1CCCNC1.Cl. The van der Waals surface area contributed by atoms with E-state index in [1.165, 1.54) is 12.8 Å². The molecule has 1 rings (SSSR count). The molecule has 0 saturated carbocycles. The van der Waals surface area contributed by atoms with Crippen molar-refractivity contribution in [2.75, 3.05) is 26.2 Å². The Morgan fingerprint density at radius 2 is 2.09 bits per heavy atom. The van der Waals surface area contributed by atoms with Crippen molar-refractivity contribution in [2.24, 2.45) is 23.7 Å². The summed E-state index contributed by atoms with van der Waals surface area (Å²) in [5.74, 6) is 2.24. The van der Waals surface area contributed by atoms with Gasteiger partial charge in [0.05, 0.1) is 0 Å². The Labute approximate surface area is 142 Å². The normalized spacial score (nSPS) is 21.0. The molecule has 22 heavy (non-hydrogen) atoms. The third-order valence-electron chi connectivity index (χ3n) is 4.58. The van der Waals surface area contributed by atoms with Gasteiger partial charge < -0.3 is 15.7 Å². The number of piperidine rings is 1. The number of hydrogen-bond acceptors (Lipinski definition) is 3. The predicted molar refractivity (Wildman–Crippen MR) is 94.3 cm³/mol. The molecule has 1 aliphatic heterocycles. The molecule has 132 valence electrons. The van der Waals surface area contributed by atoms with E-state index in [0.29, 0.717) is 36.6 Å². The number of halogens is 1. The lowest BCUT2D eigenvalue weighted by molar-refractivity contribution is -0.122. The highest BCUT2D eigenvalue weighted by molar-refractivity contribution is 5.85. The molecule has 1 heterocycles. The zero-order valence-corrected chi connectivity index (χ0v) is 15.3. The van der Waals surface area contributed by atoms with Crippen molar-refractivity contribution in [1.29, 1.82) is 0 Å². The molecule has 1 saturated heterocycles. The van der Waals surface area contributed by atoms with Crippen LogP contribution in [0.2, 0.25) is 0 Å². The molecule has 1 aliphatic rings. The molecular weight excluding hydrogens is 300 g/mol. The highest BCUT2D eigenvalue weighted by atomic mass is 35.5. The number of carbonyl (C=O) groups is 1. The lowest BCUT2D eigenvalue weighted by Gasteiger charge is -2.28. The van der Waals surface area contributed by atoms with Gasteiger partial charge in [-0.15, -0.1) is 12.4 Å². The largest absolute Gasteiger partial charge is 0.396 e. The van der Waals surface area contributed by atoms with Gasteiger partial charge in [-0.1, -0.05) is 20.8 Å². The minimum absolute atomic E-state index is 0. The van der Waals surface area contributed by atoms with E-state index in [9.17, 15) is 4.79 Å². The van der Waals surface area contributed by atoms with Gasteiger partial charge in [0.2, 0.25) is 5.91 Å². The summed E-state index contributed by atoms with van der Waals surface area (Å²) in [6, 6.07) is 0. The van der Waals surface area contributed by atoms with Crippen LogP contribution in [0.15, 0.2) is 0 Å². The third kappa shape index (κ3) is 8.96. The Kier molecular flexibility index (Phi) is 12.0. The van der Waals surface area contributed by atoms with Crippen LogP contribution in [0, 0.1) is 23.7 Å². The first-order valence-electron chi connectivity index (χ1n) is 8.61. The first kappa shape index (κ1) is 21.7. The summed E-state index contributed by atoms with van der Waals surface area (Å²) in [5, 5.41) is 15.6. The number of hydrogen-bond donors (Lipinski definition) is 3. The van der Waals surface area contributed by atoms with Crippen LogP contribution < -0.4 is 10.6 Å². The standard InChI is InChI=1S/C17H34N2O2.ClH/c1-13(2)9-15(6-8-20)11-19-17(21)10-14(3)16-5-4-7-18-12-16;/h13-16,18,20H,4-12H2,1-3H3,(H,19,21);1H. The first-order chi connectivity index (χ1) is 10.0. The molecule has 3 unspecified atom stereocenters. The van der Waals surface area contributed by atoms with Crippen LogP contribution in [0.1, 0.15) is 52.9 Å². The quantitative estimate of drug-likeness (QED) is 0.607. The highest BCUT2D eigenvalue weighted by Crippen LogP contribution is 2.22. The second kappa shape index (κ2) is 12.1. The Morgan fingerprint density at radius 1 is 1.36 bits per heavy atom. The zero-order valence-electron chi connectivity index (χ0n) is 14.4. The van der Waals surface area contributed by atoms with Gasteiger partial charge >= 0.3 is 0 Å². The van der Waals surface area contributed by atoms with Gasteiger partial charge in [-0.05, 0) is 62.4 Å². The van der Waals surface area contributed by atoms with Crippen LogP contribution in [-0.2, 0) is 4.79 Å². The number of carbonyl (C=O) groups excluding carboxylic acids is 1. The van der Waals surface area contributed by atoms with Gasteiger partial charge in [-0.2, -0.15) is 0 Å². The number of nitrogens with one attached hydrogen (secondary N) is 2. The van der Waals surface area contributed by atoms with E-state index in [4.69, 9.17) is 5.11 Å². The summed E-state index contributed by atoms with van der Waals surface area (Å²) in [5.41, 5.74) is 0. The van der Waals surface area contributed by atoms with Crippen molar-refractivity contribution in [2.45, 2.75) is 52.9 Å². The molecule has 5 heteroatoms. The highest BCUT2D eigenvalue weighted by Gasteiger charge is 2.22. The maximum atomic E-state index is 12.1. The fourth-order valence-corrected chi connectivity index (χ4v) is 3.31. The van der Waals surface area contributed by atoms with Gasteiger partial charge in [0, 0.05) is 19.6 Å². The molecule has 0 aromatic heterocycles. The van der Waals surface area contributed by atoms with E-state index in [1.807, 2.05) is 0 Å². The number of aliphatic hydroxyl groups is 1. The van der Waals surface area contributed by atoms with E-state index in [2.05, 4.69) is 31.4 Å². The second-order valence-electron chi connectivity index (χ2n) is 7.10. The molecule has 4 nitrogen and oxygen atoms in total. The van der Waals surface area contributed by atoms with Crippen LogP contribution >= 0.6 is 12.4 Å². The molecule has 3 N–H and O–H groups in total. The Morgan fingerprint density at radius 3 is 2.64 bits per heavy atom. The van der Waals surface area contributed by atoms with Crippen LogP contribution in [0.5, 0.6) is 0 Å². The van der Waals surface area contributed by atoms with Crippen molar-refractivity contribution in [1.82, 2.24) is 10.6 Å². The van der Waals surface area contributed by atoms with Crippen molar-refractivity contribution >= 4 is 18.3 Å². The van der Waals surface area contributed by atoms with Crippen molar-refractivity contribution in [3.05, 3.63) is 0 Å². The van der Waals surface area contributed by atoms with Gasteiger partial charge in [0.15, 0.2) is 0 Å². The molecule has 0 aliphatic carbocycles. The molecule has 0 aromatic carbocycles. The van der Waals surface area contributed by atoms with Crippen LogP contribution in [-0.4, -0.2) is 37.3 Å². The maximum Gasteiger partial charge on any atom is 0.220 e. The molecule has 0 aromatic rings. The number of rotatable bonds is 9. The van der Waals surface area contributed by atoms with E-state index >= 15 is 0 Å². The molecule has 0 spiro atoms. The second-order valence-corrected chi connectivity index (χ2v) is 7.10. The fourth-order valence-electron chi connectivity index (χ4n) is 3.31. The van der Waals surface area contributed by atoms with Gasteiger partial charge in [0.25, 0.3) is 0 Å². The minimum Gasteiger partial charge on any atom is -0.396 e.